The summed E-state index contributed by atoms with van der Waals surface area (Å²) in [7, 11) is 3.40. The number of carbonyl (C=O) groups excluding carboxylic acids is 1. The molecule has 0 heterocycles. The van der Waals surface area contributed by atoms with E-state index in [1.165, 1.54) is 17.4 Å². The van der Waals surface area contributed by atoms with E-state index in [2.05, 4.69) is 31.2 Å². The maximum Gasteiger partial charge on any atom is 0.302 e. The molecule has 0 radical (unpaired) electrons. The fraction of sp³-hybridized carbons (Fsp3) is 0.364. The molecule has 0 bridgehead atoms. The van der Waals surface area contributed by atoms with Gasteiger partial charge in [-0.1, -0.05) is 39.3 Å². The summed E-state index contributed by atoms with van der Waals surface area (Å²) in [6.45, 7) is 3.99. The van der Waals surface area contributed by atoms with Gasteiger partial charge in [-0.05, 0) is 19.1 Å². The van der Waals surface area contributed by atoms with Gasteiger partial charge in [-0.25, -0.2) is 0 Å². The van der Waals surface area contributed by atoms with Crippen LogP contribution in [0.2, 0.25) is 0 Å². The molecule has 15 heavy (non-hydrogen) atoms. The average molecular weight is 242 g/mol. The molecule has 0 aliphatic rings. The lowest BCUT2D eigenvalue weighted by atomic mass is 10.2. The Hall–Kier alpha value is -0.610. The van der Waals surface area contributed by atoms with Crippen LogP contribution in [-0.4, -0.2) is 18.3 Å². The molecule has 0 fully saturated rings. The molecular formula is C11H14O2S2. The summed E-state index contributed by atoms with van der Waals surface area (Å²) < 4.78 is 4.83. The van der Waals surface area contributed by atoms with Crippen LogP contribution in [0.1, 0.15) is 12.5 Å². The molecule has 0 aliphatic carbocycles. The van der Waals surface area contributed by atoms with Crippen molar-refractivity contribution >= 4 is 27.6 Å². The summed E-state index contributed by atoms with van der Waals surface area (Å²) in [6, 6.07) is 8.38. The van der Waals surface area contributed by atoms with E-state index < -0.39 is 0 Å². The van der Waals surface area contributed by atoms with Crippen LogP contribution in [-0.2, 0) is 9.53 Å². The van der Waals surface area contributed by atoms with Gasteiger partial charge >= 0.3 is 5.97 Å². The topological polar surface area (TPSA) is 26.3 Å². The number of rotatable bonds is 5. The van der Waals surface area contributed by atoms with Gasteiger partial charge in [0.15, 0.2) is 0 Å². The van der Waals surface area contributed by atoms with Crippen molar-refractivity contribution in [2.75, 3.05) is 12.4 Å². The molecule has 1 aromatic carbocycles. The Bertz CT molecular complexity index is 309. The zero-order valence-electron chi connectivity index (χ0n) is 8.86. The molecule has 0 spiro atoms. The predicted molar refractivity (Wildman–Crippen MR) is 66.1 cm³/mol. The first-order valence-electron chi connectivity index (χ1n) is 4.68. The van der Waals surface area contributed by atoms with Gasteiger partial charge in [0, 0.05) is 17.6 Å². The number of hydrogen-bond donors (Lipinski definition) is 0. The van der Waals surface area contributed by atoms with Crippen molar-refractivity contribution in [2.24, 2.45) is 0 Å². The van der Waals surface area contributed by atoms with Gasteiger partial charge in [0.2, 0.25) is 0 Å². The van der Waals surface area contributed by atoms with Gasteiger partial charge in [0.1, 0.15) is 6.61 Å². The summed E-state index contributed by atoms with van der Waals surface area (Å²) in [5, 5.41) is 0. The van der Waals surface area contributed by atoms with E-state index in [4.69, 9.17) is 4.74 Å². The third-order valence-electron chi connectivity index (χ3n) is 1.65. The molecule has 0 amide bonds. The standard InChI is InChI=1S/C11H14O2S2/c1-9-3-5-11(6-4-9)15-14-8-7-13-10(2)12/h3-6H,7-8H2,1-2H3. The van der Waals surface area contributed by atoms with Crippen molar-refractivity contribution in [1.29, 1.82) is 0 Å². The predicted octanol–water partition coefficient (Wildman–Crippen LogP) is 3.30. The first-order chi connectivity index (χ1) is 7.18. The lowest BCUT2D eigenvalue weighted by Gasteiger charge is -2.02. The first-order valence-corrected chi connectivity index (χ1v) is 7.00. The molecule has 82 valence electrons. The second-order valence-electron chi connectivity index (χ2n) is 3.06. The summed E-state index contributed by atoms with van der Waals surface area (Å²) in [6.07, 6.45) is 0. The first kappa shape index (κ1) is 12.5. The maximum atomic E-state index is 10.5. The Kier molecular flexibility index (Phi) is 5.65. The molecule has 0 atom stereocenters. The minimum atomic E-state index is -0.212. The second kappa shape index (κ2) is 6.80. The summed E-state index contributed by atoms with van der Waals surface area (Å²) >= 11 is 0. The Morgan fingerprint density at radius 3 is 2.60 bits per heavy atom. The second-order valence-corrected chi connectivity index (χ2v) is 5.55. The van der Waals surface area contributed by atoms with Crippen LogP contribution in [0.5, 0.6) is 0 Å². The van der Waals surface area contributed by atoms with Gasteiger partial charge in [-0.15, -0.1) is 0 Å². The lowest BCUT2D eigenvalue weighted by Crippen LogP contribution is -2.01. The SMILES string of the molecule is CC(=O)OCCSSc1ccc(C)cc1. The number of carbonyl (C=O) groups is 1. The van der Waals surface area contributed by atoms with E-state index in [0.717, 1.165) is 5.75 Å². The molecule has 0 saturated heterocycles. The molecule has 1 rings (SSSR count). The molecule has 0 N–H and O–H groups in total. The van der Waals surface area contributed by atoms with Gasteiger partial charge in [-0.3, -0.25) is 4.79 Å². The van der Waals surface area contributed by atoms with E-state index in [1.807, 2.05) is 0 Å². The lowest BCUT2D eigenvalue weighted by molar-refractivity contribution is -0.140. The number of ether oxygens (including phenoxy) is 1. The van der Waals surface area contributed by atoms with Gasteiger partial charge in [-0.2, -0.15) is 0 Å². The Morgan fingerprint density at radius 1 is 1.33 bits per heavy atom. The smallest absolute Gasteiger partial charge is 0.302 e. The maximum absolute atomic E-state index is 10.5. The molecule has 0 aromatic heterocycles. The highest BCUT2D eigenvalue weighted by Crippen LogP contribution is 2.30. The largest absolute Gasteiger partial charge is 0.465 e. The third-order valence-corrected chi connectivity index (χ3v) is 3.99. The molecule has 0 unspecified atom stereocenters. The summed E-state index contributed by atoms with van der Waals surface area (Å²) in [5.74, 6) is 0.605. The summed E-state index contributed by atoms with van der Waals surface area (Å²) in [5.41, 5.74) is 1.27. The molecule has 2 nitrogen and oxygen atoms in total. The highest BCUT2D eigenvalue weighted by Gasteiger charge is 1.96. The average Bonchev–Trinajstić information content (AvgIpc) is 2.20. The number of aryl methyl sites for hydroxylation is 1. The van der Waals surface area contributed by atoms with Gasteiger partial charge < -0.3 is 4.74 Å². The number of esters is 1. The molecule has 0 saturated carbocycles. The van der Waals surface area contributed by atoms with Gasteiger partial charge in [0.05, 0.1) is 0 Å². The van der Waals surface area contributed by atoms with Crippen LogP contribution in [0.3, 0.4) is 0 Å². The van der Waals surface area contributed by atoms with Crippen LogP contribution in [0.4, 0.5) is 0 Å². The summed E-state index contributed by atoms with van der Waals surface area (Å²) in [4.78, 5) is 11.7. The highest BCUT2D eigenvalue weighted by molar-refractivity contribution is 8.76. The minimum absolute atomic E-state index is 0.212. The normalized spacial score (nSPS) is 10.0. The zero-order valence-corrected chi connectivity index (χ0v) is 10.5. The van der Waals surface area contributed by atoms with Gasteiger partial charge in [0.25, 0.3) is 0 Å². The van der Waals surface area contributed by atoms with E-state index in [9.17, 15) is 4.79 Å². The van der Waals surface area contributed by atoms with Crippen LogP contribution >= 0.6 is 21.6 Å². The quantitative estimate of drug-likeness (QED) is 0.449. The van der Waals surface area contributed by atoms with Crippen LogP contribution < -0.4 is 0 Å². The fourth-order valence-electron chi connectivity index (χ4n) is 0.923. The van der Waals surface area contributed by atoms with Crippen LogP contribution in [0.25, 0.3) is 0 Å². The Balaban J connectivity index is 2.15. The monoisotopic (exact) mass is 242 g/mol. The van der Waals surface area contributed by atoms with E-state index in [1.54, 1.807) is 21.6 Å². The van der Waals surface area contributed by atoms with Crippen molar-refractivity contribution in [3.05, 3.63) is 29.8 Å². The Labute approximate surface area is 98.2 Å². The van der Waals surface area contributed by atoms with E-state index >= 15 is 0 Å². The van der Waals surface area contributed by atoms with Crippen molar-refractivity contribution < 1.29 is 9.53 Å². The highest BCUT2D eigenvalue weighted by atomic mass is 33.1. The van der Waals surface area contributed by atoms with E-state index in [0.29, 0.717) is 6.61 Å². The minimum Gasteiger partial charge on any atom is -0.465 e. The fourth-order valence-corrected chi connectivity index (χ4v) is 2.74. The van der Waals surface area contributed by atoms with Crippen molar-refractivity contribution in [3.63, 3.8) is 0 Å². The van der Waals surface area contributed by atoms with Crippen molar-refractivity contribution in [1.82, 2.24) is 0 Å². The van der Waals surface area contributed by atoms with E-state index in [-0.39, 0.29) is 5.97 Å². The number of benzene rings is 1. The Morgan fingerprint density at radius 2 is 2.00 bits per heavy atom. The molecule has 1 aromatic rings. The van der Waals surface area contributed by atoms with Crippen LogP contribution in [0, 0.1) is 6.92 Å². The number of hydrogen-bond acceptors (Lipinski definition) is 4. The molecule has 0 aliphatic heterocycles. The molecular weight excluding hydrogens is 228 g/mol. The zero-order chi connectivity index (χ0) is 11.1. The molecule has 4 heteroatoms. The van der Waals surface area contributed by atoms with Crippen molar-refractivity contribution in [3.8, 4) is 0 Å². The third kappa shape index (κ3) is 5.74. The van der Waals surface area contributed by atoms with Crippen molar-refractivity contribution in [2.45, 2.75) is 18.7 Å². The van der Waals surface area contributed by atoms with Crippen LogP contribution in [0.15, 0.2) is 29.2 Å².